The van der Waals surface area contributed by atoms with E-state index in [2.05, 4.69) is 20.3 Å². The first-order valence-corrected chi connectivity index (χ1v) is 3.78. The van der Waals surface area contributed by atoms with Crippen molar-refractivity contribution in [3.05, 3.63) is 18.0 Å². The summed E-state index contributed by atoms with van der Waals surface area (Å²) in [5.74, 6) is 0.450. The molecule has 0 aliphatic carbocycles. The summed E-state index contributed by atoms with van der Waals surface area (Å²) in [7, 11) is 1.71. The second kappa shape index (κ2) is 2.75. The molecule has 2 aromatic rings. The molecule has 0 saturated heterocycles. The maximum atomic E-state index is 8.79. The van der Waals surface area contributed by atoms with Crippen molar-refractivity contribution in [1.29, 1.82) is 5.26 Å². The van der Waals surface area contributed by atoms with E-state index >= 15 is 0 Å². The Morgan fingerprint density at radius 2 is 2.38 bits per heavy atom. The third kappa shape index (κ3) is 1.08. The van der Waals surface area contributed by atoms with Crippen LogP contribution in [0.15, 0.2) is 12.3 Å². The number of nitrogens with zero attached hydrogens (tertiary/aromatic N) is 3. The van der Waals surface area contributed by atoms with E-state index < -0.39 is 0 Å². The van der Waals surface area contributed by atoms with E-state index in [1.807, 2.05) is 6.07 Å². The molecule has 0 amide bonds. The Hall–Kier alpha value is -2.09. The van der Waals surface area contributed by atoms with Crippen LogP contribution in [0.1, 0.15) is 5.69 Å². The van der Waals surface area contributed by atoms with Crippen molar-refractivity contribution in [3.8, 4) is 6.07 Å². The Balaban J connectivity index is 2.79. The highest BCUT2D eigenvalue weighted by molar-refractivity contribution is 5.81. The van der Waals surface area contributed by atoms with Crippen molar-refractivity contribution in [2.24, 2.45) is 0 Å². The third-order valence-corrected chi connectivity index (χ3v) is 1.75. The van der Waals surface area contributed by atoms with Crippen molar-refractivity contribution in [2.45, 2.75) is 0 Å². The quantitative estimate of drug-likeness (QED) is 0.670. The SMILES string of the molecule is CNc1nc(C#N)c2cc[nH]c2n1. The molecular weight excluding hydrogens is 166 g/mol. The summed E-state index contributed by atoms with van der Waals surface area (Å²) >= 11 is 0. The lowest BCUT2D eigenvalue weighted by Gasteiger charge is -1.98. The van der Waals surface area contributed by atoms with E-state index in [4.69, 9.17) is 5.26 Å². The van der Waals surface area contributed by atoms with Gasteiger partial charge < -0.3 is 10.3 Å². The molecule has 5 heteroatoms. The molecule has 64 valence electrons. The average Bonchev–Trinajstić information content (AvgIpc) is 2.63. The zero-order valence-electron chi connectivity index (χ0n) is 7.00. The van der Waals surface area contributed by atoms with Crippen molar-refractivity contribution in [2.75, 3.05) is 12.4 Å². The number of aromatic nitrogens is 3. The van der Waals surface area contributed by atoms with Gasteiger partial charge in [-0.3, -0.25) is 0 Å². The Morgan fingerprint density at radius 3 is 3.08 bits per heavy atom. The fraction of sp³-hybridized carbons (Fsp3) is 0.125. The van der Waals surface area contributed by atoms with Gasteiger partial charge in [-0.2, -0.15) is 10.2 Å². The van der Waals surface area contributed by atoms with Gasteiger partial charge in [0.15, 0.2) is 5.69 Å². The zero-order valence-corrected chi connectivity index (χ0v) is 7.00. The molecular formula is C8H7N5. The second-order valence-electron chi connectivity index (χ2n) is 2.50. The predicted octanol–water partition coefficient (Wildman–Crippen LogP) is 0.871. The van der Waals surface area contributed by atoms with Gasteiger partial charge >= 0.3 is 0 Å². The Kier molecular flexibility index (Phi) is 1.60. The van der Waals surface area contributed by atoms with Crippen molar-refractivity contribution in [1.82, 2.24) is 15.0 Å². The van der Waals surface area contributed by atoms with Gasteiger partial charge in [0.05, 0.1) is 5.39 Å². The van der Waals surface area contributed by atoms with E-state index in [1.165, 1.54) is 0 Å². The van der Waals surface area contributed by atoms with Crippen molar-refractivity contribution in [3.63, 3.8) is 0 Å². The van der Waals surface area contributed by atoms with Crippen LogP contribution in [0.4, 0.5) is 5.95 Å². The highest BCUT2D eigenvalue weighted by Crippen LogP contribution is 2.14. The molecule has 0 aromatic carbocycles. The lowest BCUT2D eigenvalue weighted by Crippen LogP contribution is -1.98. The molecule has 0 spiro atoms. The molecule has 13 heavy (non-hydrogen) atoms. The standard InChI is InChI=1S/C8H7N5/c1-10-8-12-6(4-9)5-2-3-11-7(5)13-8/h2-3H,1H3,(H2,10,11,12,13). The molecule has 2 rings (SSSR count). The Morgan fingerprint density at radius 1 is 1.54 bits per heavy atom. The lowest BCUT2D eigenvalue weighted by molar-refractivity contribution is 1.16. The molecule has 0 radical (unpaired) electrons. The molecule has 0 atom stereocenters. The van der Waals surface area contributed by atoms with Gasteiger partial charge in [0.25, 0.3) is 0 Å². The normalized spacial score (nSPS) is 9.85. The number of hydrogen-bond acceptors (Lipinski definition) is 4. The highest BCUT2D eigenvalue weighted by atomic mass is 15.1. The third-order valence-electron chi connectivity index (χ3n) is 1.75. The number of fused-ring (bicyclic) bond motifs is 1. The van der Waals surface area contributed by atoms with Gasteiger partial charge in [0, 0.05) is 13.2 Å². The second-order valence-corrected chi connectivity index (χ2v) is 2.50. The van der Waals surface area contributed by atoms with Crippen LogP contribution < -0.4 is 5.32 Å². The molecule has 2 N–H and O–H groups in total. The molecule has 0 aliphatic heterocycles. The minimum absolute atomic E-state index is 0.385. The monoisotopic (exact) mass is 173 g/mol. The lowest BCUT2D eigenvalue weighted by atomic mass is 10.3. The first kappa shape index (κ1) is 7.55. The molecule has 0 bridgehead atoms. The molecule has 0 aliphatic rings. The number of aromatic amines is 1. The molecule has 0 unspecified atom stereocenters. The summed E-state index contributed by atoms with van der Waals surface area (Å²) in [6, 6.07) is 3.80. The number of nitriles is 1. The van der Waals surface area contributed by atoms with Gasteiger partial charge in [0.2, 0.25) is 5.95 Å². The maximum absolute atomic E-state index is 8.79. The van der Waals surface area contributed by atoms with Crippen LogP contribution in [0.2, 0.25) is 0 Å². The van der Waals surface area contributed by atoms with Crippen LogP contribution in [0, 0.1) is 11.3 Å². The number of rotatable bonds is 1. The van der Waals surface area contributed by atoms with Crippen LogP contribution in [0.3, 0.4) is 0 Å². The van der Waals surface area contributed by atoms with Gasteiger partial charge in [-0.15, -0.1) is 0 Å². The topological polar surface area (TPSA) is 77.4 Å². The number of nitrogens with one attached hydrogen (secondary N) is 2. The van der Waals surface area contributed by atoms with Gasteiger partial charge in [-0.05, 0) is 6.07 Å². The average molecular weight is 173 g/mol. The Labute approximate surface area is 74.4 Å². The molecule has 0 fully saturated rings. The van der Waals surface area contributed by atoms with Crippen molar-refractivity contribution < 1.29 is 0 Å². The first-order chi connectivity index (χ1) is 6.35. The van der Waals surface area contributed by atoms with E-state index in [1.54, 1.807) is 19.3 Å². The van der Waals surface area contributed by atoms with Crippen LogP contribution in [-0.2, 0) is 0 Å². The van der Waals surface area contributed by atoms with Crippen molar-refractivity contribution >= 4 is 17.0 Å². The number of hydrogen-bond donors (Lipinski definition) is 2. The minimum atomic E-state index is 0.385. The minimum Gasteiger partial charge on any atom is -0.357 e. The molecule has 2 heterocycles. The summed E-state index contributed by atoms with van der Waals surface area (Å²) < 4.78 is 0. The van der Waals surface area contributed by atoms with E-state index in [0.717, 1.165) is 5.39 Å². The zero-order chi connectivity index (χ0) is 9.26. The van der Waals surface area contributed by atoms with Gasteiger partial charge in [0.1, 0.15) is 11.7 Å². The summed E-state index contributed by atoms with van der Waals surface area (Å²) in [4.78, 5) is 11.1. The summed E-state index contributed by atoms with van der Waals surface area (Å²) in [6.45, 7) is 0. The summed E-state index contributed by atoms with van der Waals surface area (Å²) in [5.41, 5.74) is 1.06. The van der Waals surface area contributed by atoms with Gasteiger partial charge in [-0.25, -0.2) is 4.98 Å². The van der Waals surface area contributed by atoms with Gasteiger partial charge in [-0.1, -0.05) is 0 Å². The molecule has 0 saturated carbocycles. The summed E-state index contributed by atoms with van der Waals surface area (Å²) in [6.07, 6.45) is 1.74. The molecule has 5 nitrogen and oxygen atoms in total. The van der Waals surface area contributed by atoms with E-state index in [9.17, 15) is 0 Å². The fourth-order valence-corrected chi connectivity index (χ4v) is 1.14. The smallest absolute Gasteiger partial charge is 0.225 e. The largest absolute Gasteiger partial charge is 0.357 e. The van der Waals surface area contributed by atoms with Crippen LogP contribution in [0.5, 0.6) is 0 Å². The van der Waals surface area contributed by atoms with E-state index in [0.29, 0.717) is 17.3 Å². The summed E-state index contributed by atoms with van der Waals surface area (Å²) in [5, 5.41) is 12.3. The highest BCUT2D eigenvalue weighted by Gasteiger charge is 2.05. The number of H-pyrrole nitrogens is 1. The Bertz CT molecular complexity index is 479. The maximum Gasteiger partial charge on any atom is 0.225 e. The fourth-order valence-electron chi connectivity index (χ4n) is 1.14. The predicted molar refractivity (Wildman–Crippen MR) is 48.2 cm³/mol. The van der Waals surface area contributed by atoms with Crippen LogP contribution in [-0.4, -0.2) is 22.0 Å². The molecule has 2 aromatic heterocycles. The van der Waals surface area contributed by atoms with E-state index in [-0.39, 0.29) is 0 Å². The number of anilines is 1. The van der Waals surface area contributed by atoms with Crippen LogP contribution >= 0.6 is 0 Å². The first-order valence-electron chi connectivity index (χ1n) is 3.78. The van der Waals surface area contributed by atoms with Crippen LogP contribution in [0.25, 0.3) is 11.0 Å².